The van der Waals surface area contributed by atoms with Crippen molar-refractivity contribution in [3.63, 3.8) is 0 Å². The van der Waals surface area contributed by atoms with Crippen LogP contribution in [0.1, 0.15) is 17.7 Å². The van der Waals surface area contributed by atoms with Crippen LogP contribution in [0.4, 0.5) is 5.82 Å². The van der Waals surface area contributed by atoms with E-state index in [2.05, 4.69) is 15.7 Å². The van der Waals surface area contributed by atoms with Gasteiger partial charge in [-0.25, -0.2) is 13.1 Å². The maximum atomic E-state index is 12.2. The van der Waals surface area contributed by atoms with Crippen molar-refractivity contribution in [3.8, 4) is 5.69 Å². The number of fused-ring (bicyclic) bond motifs is 1. The van der Waals surface area contributed by atoms with E-state index in [4.69, 9.17) is 16.7 Å². The lowest BCUT2D eigenvalue weighted by Gasteiger charge is -2.11. The van der Waals surface area contributed by atoms with Crippen LogP contribution in [-0.2, 0) is 30.9 Å². The summed E-state index contributed by atoms with van der Waals surface area (Å²) in [7, 11) is -3.35. The number of nitrogens with one attached hydrogen (secondary N) is 2. The Kier molecular flexibility index (Phi) is 5.49. The summed E-state index contributed by atoms with van der Waals surface area (Å²) in [5, 5.41) is 18.3. The van der Waals surface area contributed by atoms with Crippen molar-refractivity contribution in [2.45, 2.75) is 17.9 Å². The second-order valence-corrected chi connectivity index (χ2v) is 8.49. The smallest absolute Gasteiger partial charge is 0.314 e. The van der Waals surface area contributed by atoms with E-state index in [9.17, 15) is 18.0 Å². The van der Waals surface area contributed by atoms with E-state index in [0.717, 1.165) is 0 Å². The molecule has 0 fully saturated rings. The number of aliphatic hydroxyl groups excluding tert-OH is 1. The summed E-state index contributed by atoms with van der Waals surface area (Å²) in [6, 6.07) is 6.66. The molecule has 2 heterocycles. The number of amides is 2. The van der Waals surface area contributed by atoms with Gasteiger partial charge in [0, 0.05) is 23.7 Å². The van der Waals surface area contributed by atoms with Gasteiger partial charge in [0.2, 0.25) is 0 Å². The summed E-state index contributed by atoms with van der Waals surface area (Å²) in [5.41, 5.74) is 1.20. The Morgan fingerprint density at radius 1 is 1.26 bits per heavy atom. The van der Waals surface area contributed by atoms with Gasteiger partial charge in [0.25, 0.3) is 0 Å². The Morgan fingerprint density at radius 2 is 2.04 bits per heavy atom. The van der Waals surface area contributed by atoms with Crippen molar-refractivity contribution in [3.05, 3.63) is 40.5 Å². The number of hydrogen-bond donors (Lipinski definition) is 3. The molecule has 0 spiro atoms. The third kappa shape index (κ3) is 4.29. The first-order valence-electron chi connectivity index (χ1n) is 8.08. The molecule has 3 N–H and O–H groups in total. The van der Waals surface area contributed by atoms with Crippen molar-refractivity contribution >= 4 is 39.1 Å². The van der Waals surface area contributed by atoms with Gasteiger partial charge in [0.1, 0.15) is 5.82 Å². The zero-order chi connectivity index (χ0) is 19.6. The molecule has 27 heavy (non-hydrogen) atoms. The van der Waals surface area contributed by atoms with Crippen LogP contribution >= 0.6 is 11.6 Å². The van der Waals surface area contributed by atoms with Crippen molar-refractivity contribution in [1.82, 2.24) is 15.1 Å². The summed E-state index contributed by atoms with van der Waals surface area (Å²) < 4.78 is 25.2. The lowest BCUT2D eigenvalue weighted by molar-refractivity contribution is -0.136. The predicted molar refractivity (Wildman–Crippen MR) is 98.2 cm³/mol. The topological polar surface area (TPSA) is 130 Å². The minimum atomic E-state index is -3.35. The monoisotopic (exact) mass is 412 g/mol. The number of rotatable bonds is 5. The highest BCUT2D eigenvalue weighted by atomic mass is 35.5. The summed E-state index contributed by atoms with van der Waals surface area (Å²) in [6.45, 7) is 0.0254. The Morgan fingerprint density at radius 3 is 2.74 bits per heavy atom. The Labute approximate surface area is 160 Å². The van der Waals surface area contributed by atoms with Gasteiger partial charge in [-0.05, 0) is 24.6 Å². The molecule has 2 amide bonds. The molecular formula is C16H17ClN4O5S. The van der Waals surface area contributed by atoms with Crippen molar-refractivity contribution < 1.29 is 23.1 Å². The highest BCUT2D eigenvalue weighted by molar-refractivity contribution is 7.90. The van der Waals surface area contributed by atoms with E-state index >= 15 is 0 Å². The molecule has 0 saturated carbocycles. The summed E-state index contributed by atoms with van der Waals surface area (Å²) in [6.07, 6.45) is 0.313. The van der Waals surface area contributed by atoms with Gasteiger partial charge in [-0.15, -0.1) is 0 Å². The lowest BCUT2D eigenvalue weighted by Crippen LogP contribution is -2.36. The molecule has 1 aromatic heterocycles. The first-order valence-corrected chi connectivity index (χ1v) is 10.3. The fraction of sp³-hybridized carbons (Fsp3) is 0.312. The molecule has 1 aromatic carbocycles. The molecule has 9 nitrogen and oxygen atoms in total. The third-order valence-electron chi connectivity index (χ3n) is 3.90. The molecule has 0 radical (unpaired) electrons. The van der Waals surface area contributed by atoms with Gasteiger partial charge in [0.15, 0.2) is 9.84 Å². The molecule has 0 unspecified atom stereocenters. The number of sulfone groups is 1. The van der Waals surface area contributed by atoms with Gasteiger partial charge in [-0.2, -0.15) is 5.10 Å². The van der Waals surface area contributed by atoms with Gasteiger partial charge in [-0.1, -0.05) is 17.7 Å². The largest absolute Gasteiger partial charge is 0.396 e. The molecule has 0 atom stereocenters. The average molecular weight is 413 g/mol. The molecule has 11 heteroatoms. The number of anilines is 1. The number of benzene rings is 1. The quantitative estimate of drug-likeness (QED) is 0.481. The number of carbonyl (C=O) groups is 2. The predicted octanol–water partition coefficient (Wildman–Crippen LogP) is 0.391. The molecule has 1 aliphatic rings. The highest BCUT2D eigenvalue weighted by Crippen LogP contribution is 2.33. The molecule has 0 saturated heterocycles. The van der Waals surface area contributed by atoms with E-state index in [-0.39, 0.29) is 30.5 Å². The van der Waals surface area contributed by atoms with Gasteiger partial charge in [-0.3, -0.25) is 9.59 Å². The fourth-order valence-electron chi connectivity index (χ4n) is 2.69. The number of aliphatic hydroxyl groups is 1. The van der Waals surface area contributed by atoms with Crippen LogP contribution in [0.2, 0.25) is 5.02 Å². The maximum absolute atomic E-state index is 12.2. The summed E-state index contributed by atoms with van der Waals surface area (Å²) in [5.74, 6) is -2.23. The first-order chi connectivity index (χ1) is 12.8. The van der Waals surface area contributed by atoms with Crippen molar-refractivity contribution in [1.29, 1.82) is 0 Å². The van der Waals surface area contributed by atoms with Gasteiger partial charge in [0.05, 0.1) is 22.9 Å². The Bertz CT molecular complexity index is 1000. The van der Waals surface area contributed by atoms with E-state index in [1.807, 2.05) is 0 Å². The minimum absolute atomic E-state index is 0.116. The summed E-state index contributed by atoms with van der Waals surface area (Å²) >= 11 is 6.01. The van der Waals surface area contributed by atoms with Gasteiger partial charge < -0.3 is 15.7 Å². The van der Waals surface area contributed by atoms with Crippen LogP contribution in [0.15, 0.2) is 24.3 Å². The van der Waals surface area contributed by atoms with Crippen LogP contribution in [-0.4, -0.2) is 48.3 Å². The number of aromatic nitrogens is 2. The fourth-order valence-corrected chi connectivity index (χ4v) is 4.37. The molecule has 3 rings (SSSR count). The average Bonchev–Trinajstić information content (AvgIpc) is 3.07. The molecule has 0 aliphatic carbocycles. The number of nitrogens with zero attached hydrogens (tertiary/aromatic N) is 2. The maximum Gasteiger partial charge on any atom is 0.314 e. The molecular weight excluding hydrogens is 396 g/mol. The van der Waals surface area contributed by atoms with Crippen molar-refractivity contribution in [2.24, 2.45) is 0 Å². The Balaban J connectivity index is 1.93. The molecule has 0 bridgehead atoms. The molecule has 1 aliphatic heterocycles. The zero-order valence-electron chi connectivity index (χ0n) is 14.1. The van der Waals surface area contributed by atoms with Crippen LogP contribution in [0.3, 0.4) is 0 Å². The first kappa shape index (κ1) is 19.3. The number of carbonyl (C=O) groups excluding carboxylic acids is 2. The van der Waals surface area contributed by atoms with Crippen LogP contribution in [0, 0.1) is 0 Å². The number of hydrogen-bond acceptors (Lipinski definition) is 6. The van der Waals surface area contributed by atoms with Gasteiger partial charge >= 0.3 is 11.8 Å². The normalized spacial score (nSPS) is 14.6. The van der Waals surface area contributed by atoms with E-state index in [1.54, 1.807) is 24.3 Å². The summed E-state index contributed by atoms with van der Waals surface area (Å²) in [4.78, 5) is 24.1. The second kappa shape index (κ2) is 7.67. The van der Waals surface area contributed by atoms with Crippen molar-refractivity contribution in [2.75, 3.05) is 18.5 Å². The second-order valence-electron chi connectivity index (χ2n) is 5.98. The minimum Gasteiger partial charge on any atom is -0.396 e. The standard InChI is InChI=1S/C16H17ClN4O5S/c17-10-3-1-4-11(7-10)21-14(12-8-27(25,26)9-13(12)20-21)19-16(24)15(23)18-5-2-6-22/h1,3-4,7,22H,2,5-6,8-9H2,(H,18,23)(H,19,24). The van der Waals surface area contributed by atoms with E-state index in [1.165, 1.54) is 4.68 Å². The zero-order valence-corrected chi connectivity index (χ0v) is 15.7. The molecule has 2 aromatic rings. The van der Waals surface area contributed by atoms with Crippen LogP contribution in [0.25, 0.3) is 5.69 Å². The third-order valence-corrected chi connectivity index (χ3v) is 5.58. The van der Waals surface area contributed by atoms with E-state index in [0.29, 0.717) is 28.4 Å². The highest BCUT2D eigenvalue weighted by Gasteiger charge is 2.33. The van der Waals surface area contributed by atoms with Crippen LogP contribution in [0.5, 0.6) is 0 Å². The van der Waals surface area contributed by atoms with Crippen LogP contribution < -0.4 is 10.6 Å². The lowest BCUT2D eigenvalue weighted by atomic mass is 10.2. The Hall–Kier alpha value is -2.43. The molecule has 144 valence electrons. The van der Waals surface area contributed by atoms with E-state index < -0.39 is 21.7 Å². The number of halogens is 1. The SMILES string of the molecule is O=C(NCCCO)C(=O)Nc1c2c(nn1-c1cccc(Cl)c1)CS(=O)(=O)C2.